The Bertz CT molecular complexity index is 2020. The molecule has 7 rings (SSSR count). The van der Waals surface area contributed by atoms with Crippen LogP contribution in [0.2, 0.25) is 0 Å². The first kappa shape index (κ1) is 35.4. The fourth-order valence-electron chi connectivity index (χ4n) is 8.27. The van der Waals surface area contributed by atoms with Gasteiger partial charge < -0.3 is 30.2 Å². The fraction of sp³-hybridized carbons (Fsp3) is 0.267. The van der Waals surface area contributed by atoms with Crippen LogP contribution in [0.15, 0.2) is 144 Å². The van der Waals surface area contributed by atoms with Crippen LogP contribution < -0.4 is 14.4 Å². The number of likely N-dealkylation sites (N-methyl/N-ethyl adjacent to an activating group) is 2. The number of benzene rings is 4. The molecule has 52 heavy (non-hydrogen) atoms. The topological polar surface area (TPSA) is 90.4 Å². The lowest BCUT2D eigenvalue weighted by molar-refractivity contribution is -0.0431. The minimum Gasteiger partial charge on any atom is -0.364 e. The molecule has 2 heterocycles. The summed E-state index contributed by atoms with van der Waals surface area (Å²) in [5.74, 6) is 0. The molecule has 1 fully saturated rings. The Morgan fingerprint density at radius 2 is 0.942 bits per heavy atom. The zero-order valence-electron chi connectivity index (χ0n) is 30.7. The maximum absolute atomic E-state index is 9.91. The molecule has 7 nitrogen and oxygen atoms in total. The minimum absolute atomic E-state index is 0.355. The van der Waals surface area contributed by atoms with Crippen molar-refractivity contribution >= 4 is 28.5 Å². The second-order valence-electron chi connectivity index (χ2n) is 15.0. The van der Waals surface area contributed by atoms with Gasteiger partial charge in [-0.25, -0.2) is 0 Å². The van der Waals surface area contributed by atoms with Crippen molar-refractivity contribution in [2.24, 2.45) is 0 Å². The van der Waals surface area contributed by atoms with Crippen molar-refractivity contribution in [3.63, 3.8) is 0 Å². The fourth-order valence-corrected chi connectivity index (χ4v) is 8.27. The number of aliphatic hydroxyl groups excluding tert-OH is 2. The molecule has 1 saturated carbocycles. The molecule has 0 atom stereocenters. The first-order valence-electron chi connectivity index (χ1n) is 17.9. The molecule has 4 aromatic rings. The van der Waals surface area contributed by atoms with Gasteiger partial charge in [-0.15, -0.1) is 0 Å². The standard InChI is InChI=1S/C45H48N3O4/c1-44(2)35-27-31(42(49)50)19-23-37(35)46(5)39(44)25-21-29-17-18-30(41(29)48(33-13-9-7-10-14-33)34-15-11-8-12-16-34)22-26-40-45(3,4)36-28-32(43(51)52)20-24-38(36)47(40)6/h7-16,19-28,42-43,49-52H,17-18H2,1-6H3/q+1. The Balaban J connectivity index is 1.39. The van der Waals surface area contributed by atoms with E-state index in [1.807, 2.05) is 36.4 Å². The van der Waals surface area contributed by atoms with Gasteiger partial charge in [-0.3, -0.25) is 0 Å². The van der Waals surface area contributed by atoms with Crippen LogP contribution >= 0.6 is 0 Å². The number of aliphatic hydroxyl groups is 4. The monoisotopic (exact) mass is 694 g/mol. The summed E-state index contributed by atoms with van der Waals surface area (Å²) in [6, 6.07) is 32.3. The number of allylic oxidation sites excluding steroid dienone is 8. The molecular formula is C45H48N3O4+. The van der Waals surface area contributed by atoms with Gasteiger partial charge in [-0.05, 0) is 60.4 Å². The van der Waals surface area contributed by atoms with Gasteiger partial charge in [0.2, 0.25) is 17.1 Å². The summed E-state index contributed by atoms with van der Waals surface area (Å²) >= 11 is 0. The molecule has 0 spiro atoms. The average molecular weight is 695 g/mol. The molecule has 0 saturated heterocycles. The molecule has 0 aromatic heterocycles. The van der Waals surface area contributed by atoms with Gasteiger partial charge in [0.1, 0.15) is 0 Å². The summed E-state index contributed by atoms with van der Waals surface area (Å²) in [7, 11) is 4.15. The van der Waals surface area contributed by atoms with Gasteiger partial charge in [0.15, 0.2) is 12.6 Å². The van der Waals surface area contributed by atoms with Crippen molar-refractivity contribution in [3.05, 3.63) is 166 Å². The van der Waals surface area contributed by atoms with Gasteiger partial charge >= 0.3 is 0 Å². The van der Waals surface area contributed by atoms with E-state index in [1.165, 1.54) is 11.1 Å². The highest BCUT2D eigenvalue weighted by Gasteiger charge is 2.41. The Morgan fingerprint density at radius 1 is 0.558 bits per heavy atom. The molecule has 3 aliphatic rings. The third-order valence-electron chi connectivity index (χ3n) is 11.1. The van der Waals surface area contributed by atoms with E-state index >= 15 is 0 Å². The Morgan fingerprint density at radius 3 is 1.31 bits per heavy atom. The Kier molecular flexibility index (Phi) is 9.17. The predicted octanol–water partition coefficient (Wildman–Crippen LogP) is 8.20. The third kappa shape index (κ3) is 6.03. The number of hydrogen-bond donors (Lipinski definition) is 4. The number of anilines is 2. The second-order valence-corrected chi connectivity index (χ2v) is 15.0. The summed E-state index contributed by atoms with van der Waals surface area (Å²) in [5, 5.41) is 39.6. The highest BCUT2D eigenvalue weighted by molar-refractivity contribution is 6.17. The van der Waals surface area contributed by atoms with Gasteiger partial charge in [0.25, 0.3) is 0 Å². The number of hydrogen-bond acceptors (Lipinski definition) is 6. The molecule has 4 aromatic carbocycles. The molecule has 1 aliphatic carbocycles. The van der Waals surface area contributed by atoms with Crippen molar-refractivity contribution in [1.82, 2.24) is 4.58 Å². The van der Waals surface area contributed by atoms with Crippen molar-refractivity contribution < 1.29 is 20.4 Å². The molecule has 0 unspecified atom stereocenters. The number of nitrogens with zero attached hydrogens (tertiary/aromatic N) is 3. The molecule has 266 valence electrons. The smallest absolute Gasteiger partial charge is 0.218 e. The summed E-state index contributed by atoms with van der Waals surface area (Å²) in [4.78, 5) is 4.41. The van der Waals surface area contributed by atoms with E-state index in [0.717, 1.165) is 63.8 Å². The zero-order valence-corrected chi connectivity index (χ0v) is 30.7. The van der Waals surface area contributed by atoms with E-state index < -0.39 is 12.6 Å². The quantitative estimate of drug-likeness (QED) is 0.120. The first-order valence-corrected chi connectivity index (χ1v) is 17.9. The molecular weight excluding hydrogens is 647 g/mol. The predicted molar refractivity (Wildman–Crippen MR) is 211 cm³/mol. The van der Waals surface area contributed by atoms with Crippen LogP contribution in [0.3, 0.4) is 0 Å². The highest BCUT2D eigenvalue weighted by atomic mass is 16.5. The largest absolute Gasteiger partial charge is 0.364 e. The molecule has 2 aliphatic heterocycles. The molecule has 7 heteroatoms. The SMILES string of the molecule is CN1C(=CC=C2CCC(=CC=C3N(C)c4ccc(C(O)O)cc4C3(C)C)C2=[N+](c2ccccc2)c2ccccc2)C(C)(C)c2cc(C(O)O)ccc21. The average Bonchev–Trinajstić information content (AvgIpc) is 3.68. The van der Waals surface area contributed by atoms with E-state index in [2.05, 4.69) is 129 Å². The van der Waals surface area contributed by atoms with Crippen LogP contribution in [-0.4, -0.2) is 40.2 Å². The Hall–Kier alpha value is -5.05. The van der Waals surface area contributed by atoms with Crippen LogP contribution in [0.25, 0.3) is 0 Å². The molecule has 4 N–H and O–H groups in total. The van der Waals surface area contributed by atoms with Crippen LogP contribution in [0.1, 0.15) is 75.4 Å². The van der Waals surface area contributed by atoms with Crippen molar-refractivity contribution in [3.8, 4) is 0 Å². The summed E-state index contributed by atoms with van der Waals surface area (Å²) in [6.07, 6.45) is 7.69. The van der Waals surface area contributed by atoms with Gasteiger partial charge in [0, 0.05) is 94.2 Å². The lowest BCUT2D eigenvalue weighted by atomic mass is 9.83. The summed E-state index contributed by atoms with van der Waals surface area (Å²) < 4.78 is 2.36. The van der Waals surface area contributed by atoms with Crippen LogP contribution in [-0.2, 0) is 10.8 Å². The first-order chi connectivity index (χ1) is 24.8. The van der Waals surface area contributed by atoms with Gasteiger partial charge in [-0.2, -0.15) is 4.58 Å². The normalized spacial score (nSPS) is 20.7. The molecule has 0 radical (unpaired) electrons. The maximum atomic E-state index is 9.91. The summed E-state index contributed by atoms with van der Waals surface area (Å²) in [6.45, 7) is 8.75. The van der Waals surface area contributed by atoms with E-state index in [9.17, 15) is 20.4 Å². The second kappa shape index (κ2) is 13.5. The molecule has 0 amide bonds. The van der Waals surface area contributed by atoms with Crippen molar-refractivity contribution in [2.75, 3.05) is 23.9 Å². The van der Waals surface area contributed by atoms with Crippen molar-refractivity contribution in [1.29, 1.82) is 0 Å². The van der Waals surface area contributed by atoms with E-state index in [0.29, 0.717) is 11.1 Å². The number of rotatable bonds is 6. The van der Waals surface area contributed by atoms with E-state index in [1.54, 1.807) is 12.1 Å². The Labute approximate surface area is 306 Å². The lowest BCUT2D eigenvalue weighted by Gasteiger charge is -2.24. The molecule has 0 bridgehead atoms. The van der Waals surface area contributed by atoms with Crippen LogP contribution in [0.5, 0.6) is 0 Å². The number of fused-ring (bicyclic) bond motifs is 2. The number of para-hydroxylation sites is 2. The van der Waals surface area contributed by atoms with Crippen LogP contribution in [0.4, 0.5) is 22.7 Å². The van der Waals surface area contributed by atoms with Gasteiger partial charge in [0.05, 0.1) is 0 Å². The summed E-state index contributed by atoms with van der Waals surface area (Å²) in [5.41, 5.74) is 12.5. The van der Waals surface area contributed by atoms with Gasteiger partial charge in [-0.1, -0.05) is 88.4 Å². The van der Waals surface area contributed by atoms with E-state index in [4.69, 9.17) is 0 Å². The van der Waals surface area contributed by atoms with Crippen LogP contribution in [0, 0.1) is 0 Å². The minimum atomic E-state index is -1.52. The van der Waals surface area contributed by atoms with Crippen molar-refractivity contribution in [2.45, 2.75) is 63.9 Å². The maximum Gasteiger partial charge on any atom is 0.218 e. The third-order valence-corrected chi connectivity index (χ3v) is 11.1. The van der Waals surface area contributed by atoms with E-state index in [-0.39, 0.29) is 10.8 Å². The lowest BCUT2D eigenvalue weighted by Crippen LogP contribution is -2.23. The highest BCUT2D eigenvalue weighted by Crippen LogP contribution is 2.49. The zero-order chi connectivity index (χ0) is 36.9.